The molecule has 0 aliphatic heterocycles. The van der Waals surface area contributed by atoms with Gasteiger partial charge in [0.2, 0.25) is 5.91 Å². The first-order valence-electron chi connectivity index (χ1n) is 5.47. The summed E-state index contributed by atoms with van der Waals surface area (Å²) in [5.41, 5.74) is 7.22. The third kappa shape index (κ3) is 3.81. The van der Waals surface area contributed by atoms with Gasteiger partial charge in [-0.15, -0.1) is 0 Å². The van der Waals surface area contributed by atoms with Gasteiger partial charge in [0.15, 0.2) is 0 Å². The Kier molecular flexibility index (Phi) is 4.64. The maximum Gasteiger partial charge on any atom is 0.219 e. The third-order valence-corrected chi connectivity index (χ3v) is 2.32. The van der Waals surface area contributed by atoms with Crippen LogP contribution in [0.2, 0.25) is 0 Å². The summed E-state index contributed by atoms with van der Waals surface area (Å²) in [6.07, 6.45) is 2.10. The van der Waals surface area contributed by atoms with Gasteiger partial charge < -0.3 is 16.2 Å². The Morgan fingerprint density at radius 1 is 1.50 bits per heavy atom. The smallest absolute Gasteiger partial charge is 0.219 e. The SMILES string of the molecule is CCCC(=O)NCCc1ccc(O)cc1N. The summed E-state index contributed by atoms with van der Waals surface area (Å²) in [7, 11) is 0. The van der Waals surface area contributed by atoms with Gasteiger partial charge in [0.05, 0.1) is 0 Å². The summed E-state index contributed by atoms with van der Waals surface area (Å²) in [6.45, 7) is 2.55. The zero-order chi connectivity index (χ0) is 12.0. The van der Waals surface area contributed by atoms with Crippen molar-refractivity contribution >= 4 is 11.6 Å². The van der Waals surface area contributed by atoms with Gasteiger partial charge >= 0.3 is 0 Å². The molecule has 0 spiro atoms. The lowest BCUT2D eigenvalue weighted by atomic mass is 10.1. The highest BCUT2D eigenvalue weighted by Crippen LogP contribution is 2.18. The van der Waals surface area contributed by atoms with Crippen LogP contribution in [0, 0.1) is 0 Å². The number of phenols is 1. The Bertz CT molecular complexity index is 364. The number of carbonyl (C=O) groups is 1. The van der Waals surface area contributed by atoms with E-state index in [0.29, 0.717) is 25.1 Å². The van der Waals surface area contributed by atoms with E-state index in [9.17, 15) is 9.90 Å². The number of nitrogens with two attached hydrogens (primary N) is 1. The molecule has 0 saturated carbocycles. The van der Waals surface area contributed by atoms with Crippen LogP contribution in [0.15, 0.2) is 18.2 Å². The quantitative estimate of drug-likeness (QED) is 0.660. The second kappa shape index (κ2) is 6.00. The highest BCUT2D eigenvalue weighted by Gasteiger charge is 2.02. The fourth-order valence-electron chi connectivity index (χ4n) is 1.46. The number of benzene rings is 1. The number of nitrogen functional groups attached to an aromatic ring is 1. The molecule has 0 fully saturated rings. The highest BCUT2D eigenvalue weighted by atomic mass is 16.3. The van der Waals surface area contributed by atoms with E-state index in [4.69, 9.17) is 5.73 Å². The normalized spacial score (nSPS) is 10.1. The molecule has 1 aromatic carbocycles. The zero-order valence-corrected chi connectivity index (χ0v) is 9.49. The van der Waals surface area contributed by atoms with Crippen LogP contribution < -0.4 is 11.1 Å². The van der Waals surface area contributed by atoms with Crippen LogP contribution >= 0.6 is 0 Å². The molecule has 0 aliphatic rings. The van der Waals surface area contributed by atoms with Crippen LogP contribution in [0.3, 0.4) is 0 Å². The standard InChI is InChI=1S/C12H18N2O2/c1-2-3-12(16)14-7-6-9-4-5-10(15)8-11(9)13/h4-5,8,15H,2-3,6-7,13H2,1H3,(H,14,16). The highest BCUT2D eigenvalue weighted by molar-refractivity contribution is 5.75. The molecule has 0 aliphatic carbocycles. The number of carbonyl (C=O) groups excluding carboxylic acids is 1. The van der Waals surface area contributed by atoms with Crippen molar-refractivity contribution in [3.05, 3.63) is 23.8 Å². The minimum Gasteiger partial charge on any atom is -0.508 e. The summed E-state index contributed by atoms with van der Waals surface area (Å²) in [4.78, 5) is 11.2. The van der Waals surface area contributed by atoms with Gasteiger partial charge in [-0.05, 0) is 24.5 Å². The van der Waals surface area contributed by atoms with E-state index in [-0.39, 0.29) is 11.7 Å². The topological polar surface area (TPSA) is 75.3 Å². The van der Waals surface area contributed by atoms with Gasteiger partial charge in [-0.25, -0.2) is 0 Å². The Labute approximate surface area is 95.5 Å². The molecule has 0 radical (unpaired) electrons. The van der Waals surface area contributed by atoms with Gasteiger partial charge in [-0.2, -0.15) is 0 Å². The number of hydrogen-bond donors (Lipinski definition) is 3. The van der Waals surface area contributed by atoms with Crippen molar-refractivity contribution in [1.82, 2.24) is 5.32 Å². The minimum atomic E-state index is 0.0693. The lowest BCUT2D eigenvalue weighted by molar-refractivity contribution is -0.121. The largest absolute Gasteiger partial charge is 0.508 e. The van der Waals surface area contributed by atoms with Crippen LogP contribution in [0.25, 0.3) is 0 Å². The average Bonchev–Trinajstić information content (AvgIpc) is 2.22. The first-order valence-corrected chi connectivity index (χ1v) is 5.47. The van der Waals surface area contributed by atoms with Crippen molar-refractivity contribution in [2.45, 2.75) is 26.2 Å². The van der Waals surface area contributed by atoms with Gasteiger partial charge in [0, 0.05) is 24.7 Å². The molecule has 1 aromatic rings. The van der Waals surface area contributed by atoms with Crippen molar-refractivity contribution < 1.29 is 9.90 Å². The maximum atomic E-state index is 11.2. The Morgan fingerprint density at radius 3 is 2.88 bits per heavy atom. The van der Waals surface area contributed by atoms with E-state index in [0.717, 1.165) is 12.0 Å². The van der Waals surface area contributed by atoms with Crippen LogP contribution in [-0.2, 0) is 11.2 Å². The predicted octanol–water partition coefficient (Wildman–Crippen LogP) is 1.43. The van der Waals surface area contributed by atoms with Crippen molar-refractivity contribution in [1.29, 1.82) is 0 Å². The number of hydrogen-bond acceptors (Lipinski definition) is 3. The van der Waals surface area contributed by atoms with Crippen LogP contribution in [0.5, 0.6) is 5.75 Å². The van der Waals surface area contributed by atoms with Gasteiger partial charge in [-0.3, -0.25) is 4.79 Å². The molecule has 4 nitrogen and oxygen atoms in total. The summed E-state index contributed by atoms with van der Waals surface area (Å²) in [5.74, 6) is 0.233. The van der Waals surface area contributed by atoms with Gasteiger partial charge in [0.1, 0.15) is 5.75 Å². The number of nitrogens with one attached hydrogen (secondary N) is 1. The molecular formula is C12H18N2O2. The first kappa shape index (κ1) is 12.4. The first-order chi connectivity index (χ1) is 7.63. The molecular weight excluding hydrogens is 204 g/mol. The van der Waals surface area contributed by atoms with E-state index >= 15 is 0 Å². The average molecular weight is 222 g/mol. The Morgan fingerprint density at radius 2 is 2.25 bits per heavy atom. The number of aromatic hydroxyl groups is 1. The predicted molar refractivity (Wildman–Crippen MR) is 64.1 cm³/mol. The monoisotopic (exact) mass is 222 g/mol. The molecule has 16 heavy (non-hydrogen) atoms. The Balaban J connectivity index is 2.40. The van der Waals surface area contributed by atoms with E-state index < -0.39 is 0 Å². The molecule has 88 valence electrons. The molecule has 1 rings (SSSR count). The van der Waals surface area contributed by atoms with Crippen LogP contribution in [0.1, 0.15) is 25.3 Å². The molecule has 0 atom stereocenters. The number of rotatable bonds is 5. The third-order valence-electron chi connectivity index (χ3n) is 2.32. The molecule has 0 saturated heterocycles. The summed E-state index contributed by atoms with van der Waals surface area (Å²) >= 11 is 0. The molecule has 4 N–H and O–H groups in total. The van der Waals surface area contributed by atoms with Crippen molar-refractivity contribution in [2.24, 2.45) is 0 Å². The Hall–Kier alpha value is -1.71. The lowest BCUT2D eigenvalue weighted by Crippen LogP contribution is -2.25. The second-order valence-corrected chi connectivity index (χ2v) is 3.73. The summed E-state index contributed by atoms with van der Waals surface area (Å²) in [6, 6.07) is 4.89. The lowest BCUT2D eigenvalue weighted by Gasteiger charge is -2.07. The molecule has 0 heterocycles. The molecule has 1 amide bonds. The summed E-state index contributed by atoms with van der Waals surface area (Å²) < 4.78 is 0. The van der Waals surface area contributed by atoms with Gasteiger partial charge in [-0.1, -0.05) is 13.0 Å². The maximum absolute atomic E-state index is 11.2. The fraction of sp³-hybridized carbons (Fsp3) is 0.417. The van der Waals surface area contributed by atoms with Crippen LogP contribution in [-0.4, -0.2) is 17.6 Å². The van der Waals surface area contributed by atoms with Crippen molar-refractivity contribution in [2.75, 3.05) is 12.3 Å². The van der Waals surface area contributed by atoms with Gasteiger partial charge in [0.25, 0.3) is 0 Å². The van der Waals surface area contributed by atoms with Crippen LogP contribution in [0.4, 0.5) is 5.69 Å². The molecule has 4 heteroatoms. The van der Waals surface area contributed by atoms with E-state index in [1.807, 2.05) is 6.92 Å². The van der Waals surface area contributed by atoms with Crippen molar-refractivity contribution in [3.63, 3.8) is 0 Å². The zero-order valence-electron chi connectivity index (χ0n) is 9.49. The second-order valence-electron chi connectivity index (χ2n) is 3.73. The van der Waals surface area contributed by atoms with Crippen molar-refractivity contribution in [3.8, 4) is 5.75 Å². The number of amides is 1. The number of anilines is 1. The van der Waals surface area contributed by atoms with E-state index in [1.54, 1.807) is 12.1 Å². The molecule has 0 unspecified atom stereocenters. The fourth-order valence-corrected chi connectivity index (χ4v) is 1.46. The minimum absolute atomic E-state index is 0.0693. The molecule has 0 bridgehead atoms. The summed E-state index contributed by atoms with van der Waals surface area (Å²) in [5, 5.41) is 12.0. The van der Waals surface area contributed by atoms with E-state index in [2.05, 4.69) is 5.32 Å². The van der Waals surface area contributed by atoms with E-state index in [1.165, 1.54) is 6.07 Å². The number of phenolic OH excluding ortho intramolecular Hbond substituents is 1. The molecule has 0 aromatic heterocycles.